The van der Waals surface area contributed by atoms with E-state index in [1.54, 1.807) is 6.08 Å². The van der Waals surface area contributed by atoms with Gasteiger partial charge in [0.05, 0.1) is 12.2 Å². The molecule has 32 heavy (non-hydrogen) atoms. The van der Waals surface area contributed by atoms with Crippen molar-refractivity contribution in [2.24, 2.45) is 0 Å². The Morgan fingerprint density at radius 3 is 2.34 bits per heavy atom. The summed E-state index contributed by atoms with van der Waals surface area (Å²) >= 11 is 0. The minimum atomic E-state index is -0.136. The van der Waals surface area contributed by atoms with Crippen LogP contribution in [0.3, 0.4) is 0 Å². The zero-order valence-electron chi connectivity index (χ0n) is 19.7. The van der Waals surface area contributed by atoms with Crippen molar-refractivity contribution in [1.29, 1.82) is 0 Å². The molecular weight excluding hydrogens is 398 g/mol. The van der Waals surface area contributed by atoms with Crippen LogP contribution >= 0.6 is 0 Å². The van der Waals surface area contributed by atoms with Crippen LogP contribution in [0.15, 0.2) is 48.7 Å². The number of nitrogens with zero attached hydrogens (tertiary/aromatic N) is 4. The fourth-order valence-corrected chi connectivity index (χ4v) is 3.64. The summed E-state index contributed by atoms with van der Waals surface area (Å²) in [6.45, 7) is 13.3. The summed E-state index contributed by atoms with van der Waals surface area (Å²) in [5, 5.41) is 7.59. The summed E-state index contributed by atoms with van der Waals surface area (Å²) in [4.78, 5) is 19.0. The van der Waals surface area contributed by atoms with Gasteiger partial charge in [0.15, 0.2) is 0 Å². The molecule has 0 aliphatic heterocycles. The lowest BCUT2D eigenvalue weighted by Gasteiger charge is -2.19. The number of amides is 1. The molecule has 168 valence electrons. The molecule has 1 N–H and O–H groups in total. The van der Waals surface area contributed by atoms with Crippen LogP contribution in [0.2, 0.25) is 0 Å². The van der Waals surface area contributed by atoms with Crippen LogP contribution in [0.1, 0.15) is 47.5 Å². The first-order valence-electron chi connectivity index (χ1n) is 11.2. The third-order valence-electron chi connectivity index (χ3n) is 5.66. The Hall–Kier alpha value is -3.41. The van der Waals surface area contributed by atoms with Crippen molar-refractivity contribution in [3.8, 4) is 0 Å². The quantitative estimate of drug-likeness (QED) is 0.509. The molecule has 2 heterocycles. The van der Waals surface area contributed by atoms with Crippen molar-refractivity contribution in [1.82, 2.24) is 20.1 Å². The molecule has 6 nitrogen and oxygen atoms in total. The number of aryl methyl sites for hydroxylation is 2. The molecule has 6 heteroatoms. The predicted octanol–water partition coefficient (Wildman–Crippen LogP) is 4.43. The number of aromatic nitrogens is 3. The van der Waals surface area contributed by atoms with Crippen molar-refractivity contribution >= 4 is 17.8 Å². The standard InChI is InChI=1S/C26H33N5O/c1-6-30(7-2)25-14-12-23(16-27-25)17-28-26(32)15-13-24-20(4)29-31(21(24)5)18-22-10-8-19(3)9-11-22/h8-16H,6-7,17-18H2,1-5H3,(H,28,32). The van der Waals surface area contributed by atoms with E-state index in [1.165, 1.54) is 11.1 Å². The molecule has 3 rings (SSSR count). The summed E-state index contributed by atoms with van der Waals surface area (Å²) in [6, 6.07) is 12.5. The van der Waals surface area contributed by atoms with Gasteiger partial charge in [0, 0.05) is 43.2 Å². The van der Waals surface area contributed by atoms with Crippen LogP contribution in [-0.2, 0) is 17.9 Å². The largest absolute Gasteiger partial charge is 0.357 e. The number of rotatable bonds is 9. The number of pyridine rings is 1. The first-order chi connectivity index (χ1) is 15.4. The predicted molar refractivity (Wildman–Crippen MR) is 131 cm³/mol. The average Bonchev–Trinajstić information content (AvgIpc) is 3.06. The maximum absolute atomic E-state index is 12.4. The van der Waals surface area contributed by atoms with Gasteiger partial charge in [-0.1, -0.05) is 35.9 Å². The number of benzene rings is 1. The second-order valence-electron chi connectivity index (χ2n) is 7.98. The Kier molecular flexibility index (Phi) is 7.82. The zero-order valence-corrected chi connectivity index (χ0v) is 19.7. The first kappa shape index (κ1) is 23.3. The highest BCUT2D eigenvalue weighted by Crippen LogP contribution is 2.17. The van der Waals surface area contributed by atoms with Crippen molar-refractivity contribution < 1.29 is 4.79 Å². The molecule has 2 aromatic heterocycles. The molecule has 3 aromatic rings. The van der Waals surface area contributed by atoms with E-state index in [4.69, 9.17) is 0 Å². The van der Waals surface area contributed by atoms with Crippen LogP contribution in [0.25, 0.3) is 6.08 Å². The Morgan fingerprint density at radius 2 is 1.72 bits per heavy atom. The van der Waals surface area contributed by atoms with Gasteiger partial charge >= 0.3 is 0 Å². The SMILES string of the molecule is CCN(CC)c1ccc(CNC(=O)C=Cc2c(C)nn(Cc3ccc(C)cc3)c2C)cn1. The topological polar surface area (TPSA) is 63.1 Å². The molecule has 0 saturated heterocycles. The molecule has 1 aromatic carbocycles. The number of carbonyl (C=O) groups excluding carboxylic acids is 1. The number of carbonyl (C=O) groups is 1. The number of hydrogen-bond acceptors (Lipinski definition) is 4. The molecule has 0 unspecified atom stereocenters. The minimum Gasteiger partial charge on any atom is -0.357 e. The van der Waals surface area contributed by atoms with Gasteiger partial charge in [-0.15, -0.1) is 0 Å². The molecule has 0 bridgehead atoms. The summed E-state index contributed by atoms with van der Waals surface area (Å²) in [5.41, 5.74) is 6.36. The highest BCUT2D eigenvalue weighted by atomic mass is 16.1. The Morgan fingerprint density at radius 1 is 1.03 bits per heavy atom. The van der Waals surface area contributed by atoms with E-state index in [0.717, 1.165) is 41.4 Å². The minimum absolute atomic E-state index is 0.136. The van der Waals surface area contributed by atoms with Crippen molar-refractivity contribution in [2.45, 2.75) is 47.7 Å². The Bertz CT molecular complexity index is 1060. The van der Waals surface area contributed by atoms with Crippen LogP contribution in [-0.4, -0.2) is 33.8 Å². The fraction of sp³-hybridized carbons (Fsp3) is 0.346. The third-order valence-corrected chi connectivity index (χ3v) is 5.66. The summed E-state index contributed by atoms with van der Waals surface area (Å²) < 4.78 is 1.99. The number of hydrogen-bond donors (Lipinski definition) is 1. The average molecular weight is 432 g/mol. The van der Waals surface area contributed by atoms with Gasteiger partial charge in [0.2, 0.25) is 5.91 Å². The van der Waals surface area contributed by atoms with E-state index in [-0.39, 0.29) is 5.91 Å². The van der Waals surface area contributed by atoms with Crippen LogP contribution in [0, 0.1) is 20.8 Å². The van der Waals surface area contributed by atoms with E-state index < -0.39 is 0 Å². The molecule has 0 aliphatic rings. The monoisotopic (exact) mass is 431 g/mol. The Labute approximate surface area is 191 Å². The summed E-state index contributed by atoms with van der Waals surface area (Å²) in [7, 11) is 0. The maximum Gasteiger partial charge on any atom is 0.244 e. The molecule has 0 aliphatic carbocycles. The van der Waals surface area contributed by atoms with Gasteiger partial charge in [-0.2, -0.15) is 5.10 Å². The molecule has 0 saturated carbocycles. The van der Waals surface area contributed by atoms with Crippen molar-refractivity contribution in [2.75, 3.05) is 18.0 Å². The first-order valence-corrected chi connectivity index (χ1v) is 11.2. The zero-order chi connectivity index (χ0) is 23.1. The normalized spacial score (nSPS) is 11.2. The lowest BCUT2D eigenvalue weighted by molar-refractivity contribution is -0.116. The van der Waals surface area contributed by atoms with Crippen LogP contribution in [0.4, 0.5) is 5.82 Å². The second kappa shape index (κ2) is 10.8. The van der Waals surface area contributed by atoms with E-state index in [1.807, 2.05) is 42.9 Å². The van der Waals surface area contributed by atoms with E-state index in [9.17, 15) is 4.79 Å². The molecular formula is C26H33N5O. The highest BCUT2D eigenvalue weighted by molar-refractivity contribution is 5.91. The van der Waals surface area contributed by atoms with Crippen molar-refractivity contribution in [3.05, 3.63) is 82.3 Å². The van der Waals surface area contributed by atoms with E-state index in [0.29, 0.717) is 13.1 Å². The maximum atomic E-state index is 12.4. The molecule has 0 fully saturated rings. The molecule has 0 radical (unpaired) electrons. The van der Waals surface area contributed by atoms with E-state index in [2.05, 4.69) is 65.3 Å². The van der Waals surface area contributed by atoms with Gasteiger partial charge in [0.1, 0.15) is 5.82 Å². The summed E-state index contributed by atoms with van der Waals surface area (Å²) in [6.07, 6.45) is 5.24. The fourth-order valence-electron chi connectivity index (χ4n) is 3.64. The van der Waals surface area contributed by atoms with Gasteiger partial charge in [-0.05, 0) is 57.9 Å². The van der Waals surface area contributed by atoms with Gasteiger partial charge < -0.3 is 10.2 Å². The van der Waals surface area contributed by atoms with Crippen LogP contribution in [0.5, 0.6) is 0 Å². The molecule has 0 atom stereocenters. The number of nitrogens with one attached hydrogen (secondary N) is 1. The van der Waals surface area contributed by atoms with E-state index >= 15 is 0 Å². The molecule has 1 amide bonds. The highest BCUT2D eigenvalue weighted by Gasteiger charge is 2.10. The molecule has 0 spiro atoms. The smallest absolute Gasteiger partial charge is 0.244 e. The third kappa shape index (κ3) is 5.84. The lowest BCUT2D eigenvalue weighted by atomic mass is 10.1. The van der Waals surface area contributed by atoms with Crippen LogP contribution < -0.4 is 10.2 Å². The second-order valence-corrected chi connectivity index (χ2v) is 7.98. The van der Waals surface area contributed by atoms with Gasteiger partial charge in [-0.3, -0.25) is 9.48 Å². The summed E-state index contributed by atoms with van der Waals surface area (Å²) in [5.74, 6) is 0.821. The lowest BCUT2D eigenvalue weighted by Crippen LogP contribution is -2.23. The number of anilines is 1. The van der Waals surface area contributed by atoms with Gasteiger partial charge in [-0.25, -0.2) is 4.98 Å². The Balaban J connectivity index is 1.59. The van der Waals surface area contributed by atoms with Crippen molar-refractivity contribution in [3.63, 3.8) is 0 Å². The van der Waals surface area contributed by atoms with Gasteiger partial charge in [0.25, 0.3) is 0 Å².